The van der Waals surface area contributed by atoms with Crippen LogP contribution in [-0.4, -0.2) is 12.6 Å². The average Bonchev–Trinajstić information content (AvgIpc) is 2.98. The zero-order valence-corrected chi connectivity index (χ0v) is 27.9. The zero-order valence-electron chi connectivity index (χ0n) is 27.9. The monoisotopic (exact) mass is 568 g/mol. The molecule has 0 heterocycles. The number of hydrogen-bond acceptors (Lipinski definition) is 2. The zero-order chi connectivity index (χ0) is 31.4. The molecule has 2 heteroatoms. The van der Waals surface area contributed by atoms with E-state index in [0.717, 1.165) is 48.4 Å². The van der Waals surface area contributed by atoms with Crippen LogP contribution < -0.4 is 0 Å². The number of fused-ring (bicyclic) bond motifs is 2. The van der Waals surface area contributed by atoms with Crippen molar-refractivity contribution in [3.63, 3.8) is 0 Å². The van der Waals surface area contributed by atoms with Crippen LogP contribution in [0.25, 0.3) is 0 Å². The Morgan fingerprint density at radius 2 is 1.31 bits per heavy atom. The average molecular weight is 569 g/mol. The highest BCUT2D eigenvalue weighted by Gasteiger charge is 2.51. The van der Waals surface area contributed by atoms with Gasteiger partial charge in [0, 0.05) is 5.56 Å². The number of carbonyl (C=O) groups is 2. The van der Waals surface area contributed by atoms with Gasteiger partial charge in [0.2, 0.25) is 0 Å². The second-order valence-electron chi connectivity index (χ2n) is 13.7. The summed E-state index contributed by atoms with van der Waals surface area (Å²) in [6, 6.07) is 16.4. The lowest BCUT2D eigenvalue weighted by Gasteiger charge is -2.57. The van der Waals surface area contributed by atoms with Gasteiger partial charge in [0.05, 0.1) is 0 Å². The Kier molecular flexibility index (Phi) is 13.9. The summed E-state index contributed by atoms with van der Waals surface area (Å²) in [7, 11) is 0. The minimum absolute atomic E-state index is 0.538. The Morgan fingerprint density at radius 1 is 0.762 bits per heavy atom. The maximum atomic E-state index is 10.3. The summed E-state index contributed by atoms with van der Waals surface area (Å²) in [6.45, 7) is 24.1. The summed E-state index contributed by atoms with van der Waals surface area (Å²) in [4.78, 5) is 20.6. The summed E-state index contributed by atoms with van der Waals surface area (Å²) in [6.07, 6.45) is 12.0. The van der Waals surface area contributed by atoms with Gasteiger partial charge in [-0.25, -0.2) is 0 Å². The lowest BCUT2D eigenvalue weighted by molar-refractivity contribution is -0.105. The maximum Gasteiger partial charge on any atom is 0.150 e. The highest BCUT2D eigenvalue weighted by molar-refractivity contribution is 5.74. The van der Waals surface area contributed by atoms with Gasteiger partial charge in [0.25, 0.3) is 0 Å². The van der Waals surface area contributed by atoms with E-state index >= 15 is 0 Å². The van der Waals surface area contributed by atoms with Crippen LogP contribution >= 0.6 is 0 Å². The largest absolute Gasteiger partial charge is 0.298 e. The van der Waals surface area contributed by atoms with Crippen LogP contribution in [0.3, 0.4) is 0 Å². The number of carbonyl (C=O) groups excluding carboxylic acids is 2. The third-order valence-corrected chi connectivity index (χ3v) is 9.35. The molecule has 0 spiro atoms. The Morgan fingerprint density at radius 3 is 1.64 bits per heavy atom. The third kappa shape index (κ3) is 10.4. The topological polar surface area (TPSA) is 34.1 Å². The summed E-state index contributed by atoms with van der Waals surface area (Å²) < 4.78 is 0. The molecule has 0 aromatic heterocycles. The molecular formula is C40H56O2. The van der Waals surface area contributed by atoms with Crippen molar-refractivity contribution < 1.29 is 9.59 Å². The number of aldehydes is 2. The molecule has 3 fully saturated rings. The standard InChI is InChI=1S/C10H14O.C10H12O.C10H16.C10H14/c2*1-8(2)10-5-3-9(7-11)4-6-10;1-7-4-5-8-6-9(7)10(8,2)3;1-8(2)10-6-4-9(3)5-7-10/h3,6-8H,4-5H2,1-2H3;3-8H,1-2H3;8-9H,1,4-6H2,2-3H3;4-8H,1-3H3. The molecule has 0 saturated heterocycles. The molecule has 2 atom stereocenters. The molecule has 2 unspecified atom stereocenters. The molecule has 6 rings (SSSR count). The van der Waals surface area contributed by atoms with Gasteiger partial charge >= 0.3 is 0 Å². The van der Waals surface area contributed by atoms with E-state index in [1.165, 1.54) is 47.1 Å². The van der Waals surface area contributed by atoms with Crippen LogP contribution in [-0.2, 0) is 4.79 Å². The maximum absolute atomic E-state index is 10.3. The summed E-state index contributed by atoms with van der Waals surface area (Å²) in [5.41, 5.74) is 9.28. The van der Waals surface area contributed by atoms with Crippen LogP contribution in [0.2, 0.25) is 0 Å². The molecule has 2 nitrogen and oxygen atoms in total. The van der Waals surface area contributed by atoms with Gasteiger partial charge in [0.15, 0.2) is 0 Å². The molecule has 0 N–H and O–H groups in total. The third-order valence-electron chi connectivity index (χ3n) is 9.35. The molecule has 0 radical (unpaired) electrons. The van der Waals surface area contributed by atoms with E-state index in [0.29, 0.717) is 23.2 Å². The SMILES string of the molecule is C=C1CCC2CC1C2(C)C.CC(C)C1=CCC(C=O)=CC1.CC(C)c1ccc(C=O)cc1.Cc1ccc(C(C)C)cc1. The molecule has 3 saturated carbocycles. The van der Waals surface area contributed by atoms with Gasteiger partial charge in [0.1, 0.15) is 12.6 Å². The molecule has 2 aromatic carbocycles. The number of hydrogen-bond donors (Lipinski definition) is 0. The summed E-state index contributed by atoms with van der Waals surface area (Å²) in [5.74, 6) is 3.70. The fourth-order valence-electron chi connectivity index (χ4n) is 5.88. The number of rotatable bonds is 5. The second-order valence-corrected chi connectivity index (χ2v) is 13.7. The van der Waals surface area contributed by atoms with Crippen LogP contribution in [0.4, 0.5) is 0 Å². The van der Waals surface area contributed by atoms with Gasteiger partial charge in [-0.3, -0.25) is 9.59 Å². The minimum Gasteiger partial charge on any atom is -0.298 e. The van der Waals surface area contributed by atoms with E-state index in [1.807, 2.05) is 30.3 Å². The van der Waals surface area contributed by atoms with E-state index in [2.05, 4.69) is 99.2 Å². The molecule has 2 aromatic rings. The first-order valence-electron chi connectivity index (χ1n) is 15.9. The van der Waals surface area contributed by atoms with Crippen LogP contribution in [0.1, 0.15) is 126 Å². The van der Waals surface area contributed by atoms with E-state index in [4.69, 9.17) is 0 Å². The number of benzene rings is 2. The van der Waals surface area contributed by atoms with Crippen LogP contribution in [0.15, 0.2) is 84.0 Å². The molecule has 228 valence electrons. The normalized spacial score (nSPS) is 20.0. The molecule has 2 bridgehead atoms. The smallest absolute Gasteiger partial charge is 0.150 e. The minimum atomic E-state index is 0.538. The van der Waals surface area contributed by atoms with E-state index in [1.54, 1.807) is 0 Å². The van der Waals surface area contributed by atoms with Crippen molar-refractivity contribution in [2.24, 2.45) is 23.2 Å². The first-order valence-corrected chi connectivity index (χ1v) is 15.9. The molecule has 0 amide bonds. The first-order chi connectivity index (χ1) is 19.8. The summed E-state index contributed by atoms with van der Waals surface area (Å²) >= 11 is 0. The van der Waals surface area contributed by atoms with Crippen molar-refractivity contribution in [3.8, 4) is 0 Å². The second kappa shape index (κ2) is 16.6. The quantitative estimate of drug-likeness (QED) is 0.265. The van der Waals surface area contributed by atoms with Crippen LogP contribution in [0.5, 0.6) is 0 Å². The van der Waals surface area contributed by atoms with Crippen LogP contribution in [0, 0.1) is 30.1 Å². The van der Waals surface area contributed by atoms with Crippen molar-refractivity contribution >= 4 is 12.6 Å². The Balaban J connectivity index is 0.000000196. The Hall–Kier alpha value is -3.00. The van der Waals surface area contributed by atoms with Crippen molar-refractivity contribution in [2.45, 2.75) is 106 Å². The lowest BCUT2D eigenvalue weighted by Crippen LogP contribution is -2.48. The Bertz CT molecular complexity index is 1200. The highest BCUT2D eigenvalue weighted by Crippen LogP contribution is 2.60. The Labute approximate surface area is 257 Å². The van der Waals surface area contributed by atoms with Gasteiger partial charge in [-0.15, -0.1) is 0 Å². The highest BCUT2D eigenvalue weighted by atomic mass is 16.1. The van der Waals surface area contributed by atoms with Gasteiger partial charge in [-0.1, -0.05) is 139 Å². The first kappa shape index (κ1) is 35.2. The molecular weight excluding hydrogens is 512 g/mol. The lowest BCUT2D eigenvalue weighted by atomic mass is 9.47. The van der Waals surface area contributed by atoms with Crippen molar-refractivity contribution in [3.05, 3.63) is 106 Å². The fourth-order valence-corrected chi connectivity index (χ4v) is 5.88. The van der Waals surface area contributed by atoms with Gasteiger partial charge in [-0.05, 0) is 90.7 Å². The molecule has 4 aliphatic carbocycles. The molecule has 42 heavy (non-hydrogen) atoms. The van der Waals surface area contributed by atoms with E-state index in [9.17, 15) is 9.59 Å². The van der Waals surface area contributed by atoms with Gasteiger partial charge < -0.3 is 0 Å². The molecule has 4 aliphatic rings. The van der Waals surface area contributed by atoms with E-state index < -0.39 is 0 Å². The van der Waals surface area contributed by atoms with Crippen molar-refractivity contribution in [1.82, 2.24) is 0 Å². The fraction of sp³-hybridized carbons (Fsp3) is 0.500. The molecule has 0 aliphatic heterocycles. The van der Waals surface area contributed by atoms with Crippen molar-refractivity contribution in [1.29, 1.82) is 0 Å². The van der Waals surface area contributed by atoms with E-state index in [-0.39, 0.29) is 0 Å². The predicted octanol–water partition coefficient (Wildman–Crippen LogP) is 11.2. The van der Waals surface area contributed by atoms with Crippen molar-refractivity contribution in [2.75, 3.05) is 0 Å². The predicted molar refractivity (Wildman–Crippen MR) is 181 cm³/mol. The summed E-state index contributed by atoms with van der Waals surface area (Å²) in [5, 5.41) is 0. The number of allylic oxidation sites excluding steroid dienone is 5. The number of aryl methyl sites for hydroxylation is 1. The van der Waals surface area contributed by atoms with Gasteiger partial charge in [-0.2, -0.15) is 0 Å².